The maximum atomic E-state index is 9.88. The van der Waals surface area contributed by atoms with Gasteiger partial charge in [0.1, 0.15) is 23.3 Å². The van der Waals surface area contributed by atoms with Gasteiger partial charge in [-0.3, -0.25) is 9.80 Å². The Bertz CT molecular complexity index is 567. The van der Waals surface area contributed by atoms with E-state index in [0.29, 0.717) is 31.1 Å². The molecule has 3 heterocycles. The van der Waals surface area contributed by atoms with E-state index < -0.39 is 0 Å². The fourth-order valence-electron chi connectivity index (χ4n) is 2.93. The molecule has 0 amide bonds. The van der Waals surface area contributed by atoms with E-state index in [1.54, 1.807) is 0 Å². The van der Waals surface area contributed by atoms with E-state index in [2.05, 4.69) is 19.8 Å². The molecule has 0 bridgehead atoms. The van der Waals surface area contributed by atoms with Crippen LogP contribution >= 0.6 is 0 Å². The molecule has 0 aromatic carbocycles. The number of nitrogen functional groups attached to an aromatic ring is 1. The molecule has 2 saturated heterocycles. The standard InChI is InChI=1S/C14H20N6O2/c15-5-10-6-17-13(18-14(10)16)7-19-1-3-20(4-2-19)11-8-22-9-12(11)21/h6,11-12,21H,1-4,7-9H2,(H2,16,17,18)/t11-,12-/m1/s1. The summed E-state index contributed by atoms with van der Waals surface area (Å²) < 4.78 is 5.31. The highest BCUT2D eigenvalue weighted by Crippen LogP contribution is 2.16. The minimum Gasteiger partial charge on any atom is -0.389 e. The summed E-state index contributed by atoms with van der Waals surface area (Å²) in [5, 5.41) is 18.7. The van der Waals surface area contributed by atoms with E-state index in [1.165, 1.54) is 6.20 Å². The number of nitrogens with two attached hydrogens (primary N) is 1. The van der Waals surface area contributed by atoms with Gasteiger partial charge in [-0.15, -0.1) is 0 Å². The van der Waals surface area contributed by atoms with Gasteiger partial charge >= 0.3 is 0 Å². The number of aliphatic hydroxyl groups excluding tert-OH is 1. The first-order valence-electron chi connectivity index (χ1n) is 7.41. The predicted molar refractivity (Wildman–Crippen MR) is 78.6 cm³/mol. The number of aliphatic hydroxyl groups is 1. The fraction of sp³-hybridized carbons (Fsp3) is 0.643. The van der Waals surface area contributed by atoms with Crippen molar-refractivity contribution in [1.29, 1.82) is 5.26 Å². The maximum Gasteiger partial charge on any atom is 0.145 e. The Labute approximate surface area is 129 Å². The zero-order valence-electron chi connectivity index (χ0n) is 12.4. The molecule has 0 spiro atoms. The van der Waals surface area contributed by atoms with Crippen LogP contribution in [0.5, 0.6) is 0 Å². The molecule has 3 N–H and O–H groups in total. The number of hydrogen-bond acceptors (Lipinski definition) is 8. The molecule has 0 saturated carbocycles. The van der Waals surface area contributed by atoms with Crippen molar-refractivity contribution in [1.82, 2.24) is 19.8 Å². The van der Waals surface area contributed by atoms with Gasteiger partial charge in [-0.2, -0.15) is 5.26 Å². The quantitative estimate of drug-likeness (QED) is 0.717. The SMILES string of the molecule is N#Cc1cnc(CN2CCN([C@@H]3COC[C@H]3O)CC2)nc1N. The van der Waals surface area contributed by atoms with Crippen molar-refractivity contribution >= 4 is 5.82 Å². The van der Waals surface area contributed by atoms with Crippen LogP contribution in [-0.4, -0.2) is 76.4 Å². The Morgan fingerprint density at radius 2 is 2.14 bits per heavy atom. The lowest BCUT2D eigenvalue weighted by Crippen LogP contribution is -2.53. The summed E-state index contributed by atoms with van der Waals surface area (Å²) in [7, 11) is 0. The maximum absolute atomic E-state index is 9.88. The zero-order valence-corrected chi connectivity index (χ0v) is 12.4. The van der Waals surface area contributed by atoms with E-state index in [0.717, 1.165) is 26.2 Å². The molecule has 22 heavy (non-hydrogen) atoms. The van der Waals surface area contributed by atoms with Gasteiger partial charge in [-0.1, -0.05) is 0 Å². The summed E-state index contributed by atoms with van der Waals surface area (Å²) in [6.45, 7) is 5.19. The normalized spacial score (nSPS) is 26.9. The molecule has 118 valence electrons. The fourth-order valence-corrected chi connectivity index (χ4v) is 2.93. The number of rotatable bonds is 3. The van der Waals surface area contributed by atoms with E-state index >= 15 is 0 Å². The molecule has 8 nitrogen and oxygen atoms in total. The highest BCUT2D eigenvalue weighted by Gasteiger charge is 2.33. The number of hydrogen-bond donors (Lipinski definition) is 2. The minimum absolute atomic E-state index is 0.115. The second-order valence-electron chi connectivity index (χ2n) is 5.68. The summed E-state index contributed by atoms with van der Waals surface area (Å²) in [6, 6.07) is 2.08. The van der Waals surface area contributed by atoms with Crippen LogP contribution in [0.3, 0.4) is 0 Å². The minimum atomic E-state index is -0.381. The highest BCUT2D eigenvalue weighted by molar-refractivity contribution is 5.46. The molecule has 2 aliphatic heterocycles. The average molecular weight is 304 g/mol. The Balaban J connectivity index is 1.54. The van der Waals surface area contributed by atoms with E-state index in [-0.39, 0.29) is 18.0 Å². The summed E-state index contributed by atoms with van der Waals surface area (Å²) in [6.07, 6.45) is 1.09. The molecule has 2 atom stereocenters. The first-order chi connectivity index (χ1) is 10.7. The second kappa shape index (κ2) is 6.54. The van der Waals surface area contributed by atoms with E-state index in [1.807, 2.05) is 6.07 Å². The number of aromatic nitrogens is 2. The van der Waals surface area contributed by atoms with Crippen molar-refractivity contribution in [3.8, 4) is 6.07 Å². The predicted octanol–water partition coefficient (Wildman–Crippen LogP) is -1.19. The van der Waals surface area contributed by atoms with Crippen molar-refractivity contribution in [2.24, 2.45) is 0 Å². The van der Waals surface area contributed by atoms with Gasteiger partial charge in [0, 0.05) is 26.2 Å². The van der Waals surface area contributed by atoms with Gasteiger partial charge in [0.15, 0.2) is 0 Å². The van der Waals surface area contributed by atoms with Gasteiger partial charge in [0.2, 0.25) is 0 Å². The van der Waals surface area contributed by atoms with Gasteiger partial charge in [0.05, 0.1) is 38.1 Å². The second-order valence-corrected chi connectivity index (χ2v) is 5.68. The van der Waals surface area contributed by atoms with Crippen molar-refractivity contribution in [3.63, 3.8) is 0 Å². The first-order valence-corrected chi connectivity index (χ1v) is 7.41. The molecule has 0 radical (unpaired) electrons. The van der Waals surface area contributed by atoms with Crippen molar-refractivity contribution in [2.75, 3.05) is 45.1 Å². The highest BCUT2D eigenvalue weighted by atomic mass is 16.5. The smallest absolute Gasteiger partial charge is 0.145 e. The zero-order chi connectivity index (χ0) is 15.5. The van der Waals surface area contributed by atoms with E-state index in [4.69, 9.17) is 15.7 Å². The van der Waals surface area contributed by atoms with Crippen LogP contribution in [0.15, 0.2) is 6.20 Å². The van der Waals surface area contributed by atoms with E-state index in [9.17, 15) is 5.11 Å². The van der Waals surface area contributed by atoms with Crippen LogP contribution in [0.25, 0.3) is 0 Å². The molecular weight excluding hydrogens is 284 g/mol. The topological polar surface area (TPSA) is 112 Å². The Hall–Kier alpha value is -1.79. The molecular formula is C14H20N6O2. The van der Waals surface area contributed by atoms with Crippen molar-refractivity contribution < 1.29 is 9.84 Å². The number of ether oxygens (including phenoxy) is 1. The summed E-state index contributed by atoms with van der Waals surface area (Å²) in [5.74, 6) is 0.867. The molecule has 2 fully saturated rings. The van der Waals surface area contributed by atoms with Crippen LogP contribution in [0.1, 0.15) is 11.4 Å². The molecule has 0 unspecified atom stereocenters. The largest absolute Gasteiger partial charge is 0.389 e. The monoisotopic (exact) mass is 304 g/mol. The molecule has 8 heteroatoms. The third-order valence-corrected chi connectivity index (χ3v) is 4.25. The summed E-state index contributed by atoms with van der Waals surface area (Å²) in [5.41, 5.74) is 6.02. The average Bonchev–Trinajstić information content (AvgIpc) is 2.94. The summed E-state index contributed by atoms with van der Waals surface area (Å²) in [4.78, 5) is 12.9. The van der Waals surface area contributed by atoms with Crippen LogP contribution in [0, 0.1) is 11.3 Å². The van der Waals surface area contributed by atoms with Crippen LogP contribution in [0.4, 0.5) is 5.82 Å². The molecule has 0 aliphatic carbocycles. The van der Waals surface area contributed by atoms with Crippen LogP contribution < -0.4 is 5.73 Å². The molecule has 2 aliphatic rings. The Morgan fingerprint density at radius 1 is 1.36 bits per heavy atom. The Kier molecular flexibility index (Phi) is 4.49. The van der Waals surface area contributed by atoms with Crippen molar-refractivity contribution in [3.05, 3.63) is 17.6 Å². The number of nitrogens with zero attached hydrogens (tertiary/aromatic N) is 5. The third-order valence-electron chi connectivity index (χ3n) is 4.25. The lowest BCUT2D eigenvalue weighted by atomic mass is 10.1. The lowest BCUT2D eigenvalue weighted by Gasteiger charge is -2.38. The lowest BCUT2D eigenvalue weighted by molar-refractivity contribution is 0.0415. The van der Waals surface area contributed by atoms with Gasteiger partial charge in [0.25, 0.3) is 0 Å². The number of anilines is 1. The van der Waals surface area contributed by atoms with Gasteiger partial charge in [-0.05, 0) is 0 Å². The molecule has 3 rings (SSSR count). The number of piperazine rings is 1. The molecule has 1 aromatic rings. The summed E-state index contributed by atoms with van der Waals surface area (Å²) >= 11 is 0. The van der Waals surface area contributed by atoms with Crippen LogP contribution in [-0.2, 0) is 11.3 Å². The van der Waals surface area contributed by atoms with Crippen LogP contribution in [0.2, 0.25) is 0 Å². The van der Waals surface area contributed by atoms with Crippen molar-refractivity contribution in [2.45, 2.75) is 18.7 Å². The van der Waals surface area contributed by atoms with Gasteiger partial charge < -0.3 is 15.6 Å². The number of nitriles is 1. The third kappa shape index (κ3) is 3.18. The Morgan fingerprint density at radius 3 is 2.73 bits per heavy atom. The first kappa shape index (κ1) is 15.1. The molecule has 1 aromatic heterocycles. The van der Waals surface area contributed by atoms with Gasteiger partial charge in [-0.25, -0.2) is 9.97 Å².